The summed E-state index contributed by atoms with van der Waals surface area (Å²) in [4.78, 5) is 11.1. The van der Waals surface area contributed by atoms with Crippen LogP contribution in [0.2, 0.25) is 0 Å². The lowest BCUT2D eigenvalue weighted by atomic mass is 10.2. The van der Waals surface area contributed by atoms with Crippen molar-refractivity contribution in [3.05, 3.63) is 60.3 Å². The summed E-state index contributed by atoms with van der Waals surface area (Å²) in [7, 11) is 1.65. The highest BCUT2D eigenvalue weighted by Gasteiger charge is 2.15. The molecule has 0 saturated carbocycles. The van der Waals surface area contributed by atoms with Gasteiger partial charge in [0.25, 0.3) is 0 Å². The molecule has 1 aliphatic heterocycles. The van der Waals surface area contributed by atoms with E-state index in [1.807, 2.05) is 35.1 Å². The van der Waals surface area contributed by atoms with Gasteiger partial charge in [-0.25, -0.2) is 4.79 Å². The van der Waals surface area contributed by atoms with Gasteiger partial charge in [-0.3, -0.25) is 9.78 Å². The van der Waals surface area contributed by atoms with E-state index in [1.165, 1.54) is 0 Å². The van der Waals surface area contributed by atoms with Gasteiger partial charge in [0, 0.05) is 17.1 Å². The molecule has 0 spiro atoms. The zero-order valence-electron chi connectivity index (χ0n) is 12.4. The van der Waals surface area contributed by atoms with Gasteiger partial charge >= 0.3 is 5.97 Å². The normalized spacial score (nSPS) is 11.2. The Labute approximate surface area is 132 Å². The number of nitrogens with one attached hydrogen (secondary N) is 1. The van der Waals surface area contributed by atoms with Crippen molar-refractivity contribution in [1.82, 2.24) is 9.78 Å². The lowest BCUT2D eigenvalue weighted by Gasteiger charge is -2.04. The Balaban J connectivity index is 1.87. The zero-order chi connectivity index (χ0) is 16.0. The highest BCUT2D eigenvalue weighted by molar-refractivity contribution is 6.01. The molecule has 1 aliphatic carbocycles. The minimum atomic E-state index is -0.937. The maximum Gasteiger partial charge on any atom is 0.335 e. The Morgan fingerprint density at radius 1 is 1.17 bits per heavy atom. The molecular formula is C18H14N2O3. The summed E-state index contributed by atoms with van der Waals surface area (Å²) >= 11 is 0. The van der Waals surface area contributed by atoms with Crippen LogP contribution in [0.5, 0.6) is 5.75 Å². The van der Waals surface area contributed by atoms with Crippen molar-refractivity contribution in [1.29, 1.82) is 0 Å². The highest BCUT2D eigenvalue weighted by Crippen LogP contribution is 2.35. The molecule has 114 valence electrons. The van der Waals surface area contributed by atoms with Crippen molar-refractivity contribution in [3.63, 3.8) is 0 Å². The van der Waals surface area contributed by atoms with E-state index in [-0.39, 0.29) is 5.56 Å². The number of aromatic carboxylic acids is 1. The number of methoxy groups -OCH3 is 1. The van der Waals surface area contributed by atoms with Crippen molar-refractivity contribution < 1.29 is 14.6 Å². The van der Waals surface area contributed by atoms with Crippen LogP contribution in [0.1, 0.15) is 10.4 Å². The summed E-state index contributed by atoms with van der Waals surface area (Å²) in [5.41, 5.74) is 3.10. The Hall–Kier alpha value is -3.21. The van der Waals surface area contributed by atoms with Crippen LogP contribution in [0.4, 0.5) is 0 Å². The molecule has 2 aromatic carbocycles. The number of ether oxygens (including phenoxy) is 1. The number of hydrogen-bond acceptors (Lipinski definition) is 2. The third-order valence-electron chi connectivity index (χ3n) is 4.00. The first-order valence-electron chi connectivity index (χ1n) is 7.17. The van der Waals surface area contributed by atoms with Crippen LogP contribution in [0, 0.1) is 0 Å². The molecule has 0 aromatic heterocycles. The van der Waals surface area contributed by atoms with Gasteiger partial charge in [-0.15, -0.1) is 0 Å². The van der Waals surface area contributed by atoms with Gasteiger partial charge < -0.3 is 9.84 Å². The first-order chi connectivity index (χ1) is 11.2. The molecule has 0 amide bonds. The number of H-pyrrole nitrogens is 1. The smallest absolute Gasteiger partial charge is 0.335 e. The fourth-order valence-corrected chi connectivity index (χ4v) is 2.85. The van der Waals surface area contributed by atoms with E-state index >= 15 is 0 Å². The second-order valence-electron chi connectivity index (χ2n) is 5.39. The van der Waals surface area contributed by atoms with Gasteiger partial charge in [-0.2, -0.15) is 0 Å². The third-order valence-corrected chi connectivity index (χ3v) is 4.00. The Morgan fingerprint density at radius 3 is 2.83 bits per heavy atom. The molecule has 0 unspecified atom stereocenters. The number of nitrogens with zero attached hydrogens (tertiary/aromatic N) is 1. The number of fused-ring (bicyclic) bond motifs is 3. The van der Waals surface area contributed by atoms with E-state index in [4.69, 9.17) is 9.84 Å². The lowest BCUT2D eigenvalue weighted by molar-refractivity contribution is 0.0697. The molecule has 1 heterocycles. The molecule has 2 aromatic rings. The summed E-state index contributed by atoms with van der Waals surface area (Å²) in [6.45, 7) is 0. The minimum absolute atomic E-state index is 0.260. The fourth-order valence-electron chi connectivity index (χ4n) is 2.85. The van der Waals surface area contributed by atoms with Gasteiger partial charge in [-0.05, 0) is 41.8 Å². The number of hydrogen-bond donors (Lipinski definition) is 2. The monoisotopic (exact) mass is 306 g/mol. The quantitative estimate of drug-likeness (QED) is 0.605. The predicted molar refractivity (Wildman–Crippen MR) is 87.8 cm³/mol. The molecule has 0 radical (unpaired) electrons. The Kier molecular flexibility index (Phi) is 2.87. The van der Waals surface area contributed by atoms with Crippen molar-refractivity contribution in [3.8, 4) is 22.7 Å². The van der Waals surface area contributed by atoms with Crippen LogP contribution < -0.4 is 4.74 Å². The van der Waals surface area contributed by atoms with E-state index in [9.17, 15) is 4.79 Å². The maximum atomic E-state index is 11.1. The topological polar surface area (TPSA) is 67.2 Å². The SMILES string of the molecule is COc1ccc2cc3cn(-c4cccc(C(=O)O)c4)[nH]c-3c2c1. The van der Waals surface area contributed by atoms with Crippen LogP contribution in [0.15, 0.2) is 54.7 Å². The fraction of sp³-hybridized carbons (Fsp3) is 0.0556. The molecular weight excluding hydrogens is 292 g/mol. The number of carbonyl (C=O) groups is 1. The summed E-state index contributed by atoms with van der Waals surface area (Å²) in [5, 5.41) is 14.7. The van der Waals surface area contributed by atoms with E-state index in [0.29, 0.717) is 0 Å². The highest BCUT2D eigenvalue weighted by atomic mass is 16.5. The predicted octanol–water partition coefficient (Wildman–Crippen LogP) is 3.77. The van der Waals surface area contributed by atoms with Crippen LogP contribution in [-0.2, 0) is 0 Å². The van der Waals surface area contributed by atoms with Gasteiger partial charge in [0.1, 0.15) is 5.75 Å². The number of carboxylic acids is 1. The zero-order valence-corrected chi connectivity index (χ0v) is 12.4. The molecule has 0 bridgehead atoms. The van der Waals surface area contributed by atoms with Gasteiger partial charge in [0.15, 0.2) is 0 Å². The van der Waals surface area contributed by atoms with Crippen LogP contribution in [-0.4, -0.2) is 28.0 Å². The molecule has 0 atom stereocenters. The summed E-state index contributed by atoms with van der Waals surface area (Å²) in [6, 6.07) is 14.9. The van der Waals surface area contributed by atoms with E-state index in [1.54, 1.807) is 25.3 Å². The minimum Gasteiger partial charge on any atom is -0.497 e. The maximum absolute atomic E-state index is 11.1. The Morgan fingerprint density at radius 2 is 2.04 bits per heavy atom. The van der Waals surface area contributed by atoms with E-state index in [0.717, 1.165) is 33.5 Å². The third kappa shape index (κ3) is 2.14. The van der Waals surface area contributed by atoms with Crippen molar-refractivity contribution in [2.24, 2.45) is 0 Å². The van der Waals surface area contributed by atoms with Crippen molar-refractivity contribution >= 4 is 16.7 Å². The Bertz CT molecular complexity index is 997. The summed E-state index contributed by atoms with van der Waals surface area (Å²) in [6.07, 6.45) is 1.96. The molecule has 23 heavy (non-hydrogen) atoms. The first kappa shape index (κ1) is 13.5. The molecule has 5 nitrogen and oxygen atoms in total. The van der Waals surface area contributed by atoms with Gasteiger partial charge in [0.05, 0.1) is 24.1 Å². The second kappa shape index (κ2) is 4.91. The van der Waals surface area contributed by atoms with Crippen LogP contribution in [0.25, 0.3) is 27.7 Å². The number of benzene rings is 2. The van der Waals surface area contributed by atoms with Gasteiger partial charge in [-0.1, -0.05) is 12.1 Å². The number of aromatic nitrogens is 2. The number of aromatic amines is 1. The van der Waals surface area contributed by atoms with Crippen molar-refractivity contribution in [2.75, 3.05) is 7.11 Å². The molecule has 5 heteroatoms. The summed E-state index contributed by atoms with van der Waals surface area (Å²) in [5.74, 6) is -0.132. The second-order valence-corrected chi connectivity index (χ2v) is 5.39. The first-order valence-corrected chi connectivity index (χ1v) is 7.17. The number of carboxylic acid groups (broad SMARTS) is 1. The largest absolute Gasteiger partial charge is 0.497 e. The van der Waals surface area contributed by atoms with E-state index in [2.05, 4.69) is 11.2 Å². The average Bonchev–Trinajstić information content (AvgIpc) is 3.12. The van der Waals surface area contributed by atoms with Crippen molar-refractivity contribution in [2.45, 2.75) is 0 Å². The molecule has 2 N–H and O–H groups in total. The standard InChI is InChI=1S/C18H14N2O3/c1-23-15-6-5-11-7-13-10-20(19-17(13)16(11)9-15)14-4-2-3-12(8-14)18(21)22/h2-10,19H,1H3,(H,21,22). The molecule has 4 rings (SSSR count). The lowest BCUT2D eigenvalue weighted by Crippen LogP contribution is -2.00. The molecule has 0 saturated heterocycles. The van der Waals surface area contributed by atoms with Crippen LogP contribution in [0.3, 0.4) is 0 Å². The molecule has 2 aliphatic rings. The van der Waals surface area contributed by atoms with E-state index < -0.39 is 5.97 Å². The molecule has 0 fully saturated rings. The summed E-state index contributed by atoms with van der Waals surface area (Å²) < 4.78 is 7.12. The number of rotatable bonds is 3. The van der Waals surface area contributed by atoms with Crippen LogP contribution >= 0.6 is 0 Å². The van der Waals surface area contributed by atoms with Gasteiger partial charge in [0.2, 0.25) is 0 Å². The average molecular weight is 306 g/mol.